The lowest BCUT2D eigenvalue weighted by atomic mass is 9.76. The van der Waals surface area contributed by atoms with E-state index in [-0.39, 0.29) is 17.1 Å². The van der Waals surface area contributed by atoms with Crippen LogP contribution < -0.4 is 0 Å². The van der Waals surface area contributed by atoms with Gasteiger partial charge in [0, 0.05) is 23.5 Å². The third kappa shape index (κ3) is 6.41. The summed E-state index contributed by atoms with van der Waals surface area (Å²) in [5.74, 6) is 1.32. The van der Waals surface area contributed by atoms with Gasteiger partial charge in [-0.3, -0.25) is 4.79 Å². The van der Waals surface area contributed by atoms with E-state index in [1.54, 1.807) is 6.07 Å². The normalized spacial score (nSPS) is 16.2. The Bertz CT molecular complexity index is 1090. The van der Waals surface area contributed by atoms with Crippen LogP contribution in [-0.2, 0) is 5.41 Å². The summed E-state index contributed by atoms with van der Waals surface area (Å²) >= 11 is 0. The first-order valence-electron chi connectivity index (χ1n) is 13.0. The fourth-order valence-electron chi connectivity index (χ4n) is 5.39. The lowest BCUT2D eigenvalue weighted by Crippen LogP contribution is -2.36. The highest BCUT2D eigenvalue weighted by atomic mass is 16.3. The molecule has 1 fully saturated rings. The number of likely N-dealkylation sites (tertiary alicyclic amines) is 1. The number of ketones is 1. The van der Waals surface area contributed by atoms with Crippen LogP contribution in [-0.4, -0.2) is 35.4 Å². The molecule has 1 aliphatic heterocycles. The average molecular weight is 470 g/mol. The molecule has 3 heteroatoms. The van der Waals surface area contributed by atoms with E-state index in [1.165, 1.54) is 11.1 Å². The van der Waals surface area contributed by atoms with Crippen LogP contribution in [0.1, 0.15) is 79.4 Å². The predicted molar refractivity (Wildman–Crippen MR) is 144 cm³/mol. The minimum atomic E-state index is 0.104. The molecule has 35 heavy (non-hydrogen) atoms. The zero-order valence-corrected chi connectivity index (χ0v) is 21.4. The molecule has 0 amide bonds. The molecular formula is C32H39NO2. The second-order valence-electron chi connectivity index (χ2n) is 11.0. The highest BCUT2D eigenvalue weighted by Gasteiger charge is 2.30. The summed E-state index contributed by atoms with van der Waals surface area (Å²) in [7, 11) is 0. The largest absolute Gasteiger partial charge is 0.508 e. The van der Waals surface area contributed by atoms with Crippen molar-refractivity contribution in [2.45, 2.75) is 57.8 Å². The third-order valence-corrected chi connectivity index (χ3v) is 7.49. The lowest BCUT2D eigenvalue weighted by molar-refractivity contribution is 0.0969. The number of benzene rings is 3. The first-order valence-corrected chi connectivity index (χ1v) is 13.0. The fourth-order valence-corrected chi connectivity index (χ4v) is 5.39. The van der Waals surface area contributed by atoms with Gasteiger partial charge in [0.25, 0.3) is 0 Å². The van der Waals surface area contributed by atoms with Crippen LogP contribution in [0, 0.1) is 5.92 Å². The van der Waals surface area contributed by atoms with E-state index in [0.717, 1.165) is 50.0 Å². The molecule has 0 spiro atoms. The van der Waals surface area contributed by atoms with Crippen molar-refractivity contribution in [2.75, 3.05) is 19.6 Å². The number of aromatic hydroxyl groups is 1. The molecule has 1 saturated heterocycles. The minimum Gasteiger partial charge on any atom is -0.508 e. The van der Waals surface area contributed by atoms with Crippen LogP contribution in [0.25, 0.3) is 0 Å². The second-order valence-corrected chi connectivity index (χ2v) is 11.0. The fraction of sp³-hybridized carbons (Fsp3) is 0.406. The number of carbonyl (C=O) groups is 1. The molecule has 4 rings (SSSR count). The molecule has 1 atom stereocenters. The molecular weight excluding hydrogens is 430 g/mol. The number of hydrogen-bond donors (Lipinski definition) is 1. The van der Waals surface area contributed by atoms with Crippen molar-refractivity contribution in [1.82, 2.24) is 4.90 Å². The molecule has 0 radical (unpaired) electrons. The first kappa shape index (κ1) is 25.2. The highest BCUT2D eigenvalue weighted by Crippen LogP contribution is 2.41. The first-order chi connectivity index (χ1) is 16.8. The van der Waals surface area contributed by atoms with Crippen molar-refractivity contribution in [3.05, 3.63) is 101 Å². The molecule has 3 nitrogen and oxygen atoms in total. The van der Waals surface area contributed by atoms with E-state index in [0.29, 0.717) is 18.1 Å². The number of nitrogens with zero attached hydrogens (tertiary/aromatic N) is 1. The third-order valence-electron chi connectivity index (χ3n) is 7.49. The van der Waals surface area contributed by atoms with Gasteiger partial charge in [-0.05, 0) is 67.4 Å². The summed E-state index contributed by atoms with van der Waals surface area (Å²) in [6, 6.07) is 26.5. The van der Waals surface area contributed by atoms with E-state index in [9.17, 15) is 9.90 Å². The van der Waals surface area contributed by atoms with Gasteiger partial charge in [-0.15, -0.1) is 0 Å². The summed E-state index contributed by atoms with van der Waals surface area (Å²) in [5, 5.41) is 10.6. The average Bonchev–Trinajstić information content (AvgIpc) is 2.86. The Morgan fingerprint density at radius 1 is 0.914 bits per heavy atom. The Hall–Kier alpha value is -2.91. The Kier molecular flexibility index (Phi) is 8.07. The van der Waals surface area contributed by atoms with Crippen LogP contribution in [0.2, 0.25) is 0 Å². The van der Waals surface area contributed by atoms with E-state index in [1.807, 2.05) is 30.3 Å². The molecule has 3 aromatic carbocycles. The summed E-state index contributed by atoms with van der Waals surface area (Å²) in [4.78, 5) is 15.2. The van der Waals surface area contributed by atoms with Crippen LogP contribution in [0.15, 0.2) is 78.9 Å². The van der Waals surface area contributed by atoms with Crippen molar-refractivity contribution >= 4 is 5.78 Å². The van der Waals surface area contributed by atoms with Crippen molar-refractivity contribution in [3.8, 4) is 5.75 Å². The summed E-state index contributed by atoms with van der Waals surface area (Å²) in [6.45, 7) is 9.62. The SMILES string of the molecule is CC(C)(C)c1ccc(C(=O)CCCN2CCC(C(c3ccccc3)c3ccccc3O)CC2)cc1. The van der Waals surface area contributed by atoms with Crippen LogP contribution in [0.3, 0.4) is 0 Å². The zero-order chi connectivity index (χ0) is 24.8. The Morgan fingerprint density at radius 3 is 2.17 bits per heavy atom. The van der Waals surface area contributed by atoms with Gasteiger partial charge in [0.2, 0.25) is 0 Å². The summed E-state index contributed by atoms with van der Waals surface area (Å²) in [5.41, 5.74) is 4.49. The number of carbonyl (C=O) groups excluding carboxylic acids is 1. The van der Waals surface area contributed by atoms with Gasteiger partial charge in [0.05, 0.1) is 0 Å². The molecule has 0 saturated carbocycles. The van der Waals surface area contributed by atoms with E-state index in [4.69, 9.17) is 0 Å². The Labute approximate surface area is 210 Å². The number of phenols is 1. The molecule has 0 aliphatic carbocycles. The maximum atomic E-state index is 12.7. The standard InChI is InChI=1S/C32H39NO2/c1-32(2,3)27-17-15-24(16-18-27)29(34)14-9-21-33-22-19-26(20-23-33)31(25-10-5-4-6-11-25)28-12-7-8-13-30(28)35/h4-8,10-13,15-18,26,31,35H,9,14,19-23H2,1-3H3. The van der Waals surface area contributed by atoms with E-state index < -0.39 is 0 Å². The van der Waals surface area contributed by atoms with Crippen LogP contribution >= 0.6 is 0 Å². The van der Waals surface area contributed by atoms with E-state index in [2.05, 4.69) is 68.1 Å². The maximum Gasteiger partial charge on any atom is 0.162 e. The smallest absolute Gasteiger partial charge is 0.162 e. The lowest BCUT2D eigenvalue weighted by Gasteiger charge is -2.36. The Balaban J connectivity index is 1.31. The number of piperidine rings is 1. The topological polar surface area (TPSA) is 40.5 Å². The van der Waals surface area contributed by atoms with Gasteiger partial charge in [-0.25, -0.2) is 0 Å². The molecule has 0 bridgehead atoms. The summed E-state index contributed by atoms with van der Waals surface area (Å²) < 4.78 is 0. The molecule has 1 aliphatic rings. The van der Waals surface area contributed by atoms with Crippen LogP contribution in [0.5, 0.6) is 5.75 Å². The van der Waals surface area contributed by atoms with Gasteiger partial charge < -0.3 is 10.0 Å². The van der Waals surface area contributed by atoms with Crippen molar-refractivity contribution < 1.29 is 9.90 Å². The number of Topliss-reactive ketones (excluding diaryl/α,β-unsaturated/α-hetero) is 1. The number of rotatable bonds is 8. The quantitative estimate of drug-likeness (QED) is 0.355. The molecule has 1 unspecified atom stereocenters. The second kappa shape index (κ2) is 11.2. The Morgan fingerprint density at radius 2 is 1.54 bits per heavy atom. The van der Waals surface area contributed by atoms with Crippen molar-refractivity contribution in [3.63, 3.8) is 0 Å². The number of hydrogen-bond acceptors (Lipinski definition) is 3. The van der Waals surface area contributed by atoms with Crippen LogP contribution in [0.4, 0.5) is 0 Å². The van der Waals surface area contributed by atoms with E-state index >= 15 is 0 Å². The maximum absolute atomic E-state index is 12.7. The molecule has 184 valence electrons. The molecule has 0 aromatic heterocycles. The molecule has 1 N–H and O–H groups in total. The zero-order valence-electron chi connectivity index (χ0n) is 21.4. The van der Waals surface area contributed by atoms with Crippen molar-refractivity contribution in [1.29, 1.82) is 0 Å². The molecule has 1 heterocycles. The van der Waals surface area contributed by atoms with Crippen molar-refractivity contribution in [2.24, 2.45) is 5.92 Å². The van der Waals surface area contributed by atoms with Gasteiger partial charge in [-0.1, -0.05) is 93.6 Å². The minimum absolute atomic E-state index is 0.104. The van der Waals surface area contributed by atoms with Gasteiger partial charge >= 0.3 is 0 Å². The summed E-state index contributed by atoms with van der Waals surface area (Å²) in [6.07, 6.45) is 3.68. The molecule has 3 aromatic rings. The van der Waals surface area contributed by atoms with Gasteiger partial charge in [-0.2, -0.15) is 0 Å². The van der Waals surface area contributed by atoms with Gasteiger partial charge in [0.1, 0.15) is 5.75 Å². The highest BCUT2D eigenvalue weighted by molar-refractivity contribution is 5.96. The van der Waals surface area contributed by atoms with Gasteiger partial charge in [0.15, 0.2) is 5.78 Å². The number of para-hydroxylation sites is 1. The number of phenolic OH excluding ortho intramolecular Hbond substituents is 1. The predicted octanol–water partition coefficient (Wildman–Crippen LogP) is 7.20. The monoisotopic (exact) mass is 469 g/mol.